The zero-order chi connectivity index (χ0) is 12.2. The van der Waals surface area contributed by atoms with Gasteiger partial charge in [-0.1, -0.05) is 34.1 Å². The summed E-state index contributed by atoms with van der Waals surface area (Å²) in [5, 5.41) is 0. The van der Waals surface area contributed by atoms with Gasteiger partial charge in [-0.05, 0) is 11.6 Å². The van der Waals surface area contributed by atoms with Gasteiger partial charge in [-0.3, -0.25) is 4.79 Å². The molecule has 16 heavy (non-hydrogen) atoms. The highest BCUT2D eigenvalue weighted by Gasteiger charge is 2.18. The number of sulfone groups is 1. The first-order valence-electron chi connectivity index (χ1n) is 4.45. The second-order valence-electron chi connectivity index (χ2n) is 3.20. The van der Waals surface area contributed by atoms with Crippen LogP contribution in [-0.4, -0.2) is 27.2 Å². The lowest BCUT2D eigenvalue weighted by Crippen LogP contribution is -2.18. The SMILES string of the molecule is COC(=O)CS(=O)(=O)Cc1ccccc1Br. The summed E-state index contributed by atoms with van der Waals surface area (Å²) in [7, 11) is -2.31. The third-order valence-corrected chi connectivity index (χ3v) is 4.10. The number of hydrogen-bond acceptors (Lipinski definition) is 4. The summed E-state index contributed by atoms with van der Waals surface area (Å²) in [6.45, 7) is 0. The van der Waals surface area contributed by atoms with Crippen molar-refractivity contribution in [2.24, 2.45) is 0 Å². The van der Waals surface area contributed by atoms with Crippen LogP contribution in [0.25, 0.3) is 0 Å². The highest BCUT2D eigenvalue weighted by atomic mass is 79.9. The molecule has 1 rings (SSSR count). The molecular weight excluding hydrogens is 296 g/mol. The van der Waals surface area contributed by atoms with Gasteiger partial charge in [0.05, 0.1) is 12.9 Å². The van der Waals surface area contributed by atoms with E-state index in [1.165, 1.54) is 0 Å². The Morgan fingerprint density at radius 3 is 2.56 bits per heavy atom. The summed E-state index contributed by atoms with van der Waals surface area (Å²) in [5.41, 5.74) is 0.631. The zero-order valence-electron chi connectivity index (χ0n) is 8.64. The number of carbonyl (C=O) groups is 1. The molecule has 0 radical (unpaired) electrons. The summed E-state index contributed by atoms with van der Waals surface area (Å²) in [4.78, 5) is 10.9. The van der Waals surface area contributed by atoms with Crippen LogP contribution in [-0.2, 0) is 25.1 Å². The molecule has 0 atom stereocenters. The maximum absolute atomic E-state index is 11.6. The first kappa shape index (κ1) is 13.2. The maximum atomic E-state index is 11.6. The molecule has 0 bridgehead atoms. The average Bonchev–Trinajstić information content (AvgIpc) is 2.20. The number of methoxy groups -OCH3 is 1. The second-order valence-corrected chi connectivity index (χ2v) is 6.12. The highest BCUT2D eigenvalue weighted by Crippen LogP contribution is 2.18. The molecule has 0 N–H and O–H groups in total. The number of rotatable bonds is 4. The molecule has 88 valence electrons. The molecule has 0 amide bonds. The van der Waals surface area contributed by atoms with Crippen molar-refractivity contribution in [3.63, 3.8) is 0 Å². The number of ether oxygens (including phenoxy) is 1. The van der Waals surface area contributed by atoms with Gasteiger partial charge in [0.1, 0.15) is 5.75 Å². The van der Waals surface area contributed by atoms with E-state index in [9.17, 15) is 13.2 Å². The van der Waals surface area contributed by atoms with E-state index in [0.717, 1.165) is 7.11 Å². The molecule has 0 unspecified atom stereocenters. The molecule has 1 aromatic carbocycles. The summed E-state index contributed by atoms with van der Waals surface area (Å²) in [6.07, 6.45) is 0. The van der Waals surface area contributed by atoms with Crippen LogP contribution < -0.4 is 0 Å². The second kappa shape index (κ2) is 5.45. The van der Waals surface area contributed by atoms with Crippen molar-refractivity contribution in [1.29, 1.82) is 0 Å². The average molecular weight is 307 g/mol. The van der Waals surface area contributed by atoms with Crippen LogP contribution in [0.5, 0.6) is 0 Å². The van der Waals surface area contributed by atoms with Gasteiger partial charge in [0.15, 0.2) is 9.84 Å². The molecule has 0 aliphatic heterocycles. The quantitative estimate of drug-likeness (QED) is 0.792. The molecule has 0 aliphatic rings. The van der Waals surface area contributed by atoms with E-state index in [4.69, 9.17) is 0 Å². The summed E-state index contributed by atoms with van der Waals surface area (Å²) >= 11 is 3.25. The van der Waals surface area contributed by atoms with E-state index in [1.807, 2.05) is 0 Å². The van der Waals surface area contributed by atoms with Gasteiger partial charge in [-0.2, -0.15) is 0 Å². The normalized spacial score (nSPS) is 11.1. The van der Waals surface area contributed by atoms with E-state index in [2.05, 4.69) is 20.7 Å². The maximum Gasteiger partial charge on any atom is 0.320 e. The predicted octanol–water partition coefficient (Wildman–Crippen LogP) is 1.54. The van der Waals surface area contributed by atoms with E-state index in [-0.39, 0.29) is 5.75 Å². The fourth-order valence-electron chi connectivity index (χ4n) is 1.14. The molecule has 1 aromatic rings. The fourth-order valence-corrected chi connectivity index (χ4v) is 3.06. The van der Waals surface area contributed by atoms with Crippen molar-refractivity contribution in [2.45, 2.75) is 5.75 Å². The van der Waals surface area contributed by atoms with Gasteiger partial charge in [-0.25, -0.2) is 8.42 Å². The Hall–Kier alpha value is -0.880. The van der Waals surface area contributed by atoms with Gasteiger partial charge < -0.3 is 4.74 Å². The number of benzene rings is 1. The van der Waals surface area contributed by atoms with E-state index >= 15 is 0 Å². The molecular formula is C10H11BrO4S. The lowest BCUT2D eigenvalue weighted by Gasteiger charge is -2.05. The molecule has 0 spiro atoms. The first-order valence-corrected chi connectivity index (χ1v) is 7.06. The monoisotopic (exact) mass is 306 g/mol. The van der Waals surface area contributed by atoms with E-state index < -0.39 is 21.6 Å². The van der Waals surface area contributed by atoms with Crippen LogP contribution in [0.4, 0.5) is 0 Å². The number of carbonyl (C=O) groups excluding carboxylic acids is 1. The van der Waals surface area contributed by atoms with Gasteiger partial charge in [0.25, 0.3) is 0 Å². The minimum atomic E-state index is -3.47. The van der Waals surface area contributed by atoms with Crippen molar-refractivity contribution < 1.29 is 17.9 Å². The Labute approximate surface area is 103 Å². The van der Waals surface area contributed by atoms with Crippen molar-refractivity contribution in [3.05, 3.63) is 34.3 Å². The van der Waals surface area contributed by atoms with Crippen LogP contribution in [0, 0.1) is 0 Å². The number of halogens is 1. The third-order valence-electron chi connectivity index (χ3n) is 1.90. The molecule has 4 nitrogen and oxygen atoms in total. The van der Waals surface area contributed by atoms with Gasteiger partial charge in [-0.15, -0.1) is 0 Å². The number of esters is 1. The predicted molar refractivity (Wildman–Crippen MR) is 63.6 cm³/mol. The molecule has 6 heteroatoms. The lowest BCUT2D eigenvalue weighted by atomic mass is 10.2. The minimum absolute atomic E-state index is 0.177. The topological polar surface area (TPSA) is 60.4 Å². The zero-order valence-corrected chi connectivity index (χ0v) is 11.0. The van der Waals surface area contributed by atoms with Crippen molar-refractivity contribution in [2.75, 3.05) is 12.9 Å². The molecule has 0 saturated carbocycles. The van der Waals surface area contributed by atoms with Crippen molar-refractivity contribution in [3.8, 4) is 0 Å². The Bertz CT molecular complexity index is 481. The first-order chi connectivity index (χ1) is 7.44. The van der Waals surface area contributed by atoms with Gasteiger partial charge in [0.2, 0.25) is 0 Å². The summed E-state index contributed by atoms with van der Waals surface area (Å²) < 4.78 is 28.2. The lowest BCUT2D eigenvalue weighted by molar-refractivity contribution is -0.137. The Balaban J connectivity index is 2.81. The van der Waals surface area contributed by atoms with Crippen LogP contribution in [0.1, 0.15) is 5.56 Å². The van der Waals surface area contributed by atoms with Crippen molar-refractivity contribution in [1.82, 2.24) is 0 Å². The van der Waals surface area contributed by atoms with E-state index in [1.54, 1.807) is 24.3 Å². The van der Waals surface area contributed by atoms with Crippen LogP contribution in [0.2, 0.25) is 0 Å². The highest BCUT2D eigenvalue weighted by molar-refractivity contribution is 9.10. The molecule has 0 aliphatic carbocycles. The smallest absolute Gasteiger partial charge is 0.320 e. The Kier molecular flexibility index (Phi) is 4.49. The van der Waals surface area contributed by atoms with Gasteiger partial charge >= 0.3 is 5.97 Å². The van der Waals surface area contributed by atoms with Crippen LogP contribution in [0.15, 0.2) is 28.7 Å². The van der Waals surface area contributed by atoms with E-state index in [0.29, 0.717) is 10.0 Å². The number of hydrogen-bond donors (Lipinski definition) is 0. The summed E-state index contributed by atoms with van der Waals surface area (Å²) in [6, 6.07) is 6.98. The molecule has 0 aromatic heterocycles. The minimum Gasteiger partial charge on any atom is -0.468 e. The van der Waals surface area contributed by atoms with Crippen molar-refractivity contribution >= 4 is 31.7 Å². The molecule has 0 saturated heterocycles. The van der Waals surface area contributed by atoms with Crippen LogP contribution >= 0.6 is 15.9 Å². The van der Waals surface area contributed by atoms with Gasteiger partial charge in [0, 0.05) is 4.47 Å². The standard InChI is InChI=1S/C10H11BrO4S/c1-15-10(12)7-16(13,14)6-8-4-2-3-5-9(8)11/h2-5H,6-7H2,1H3. The molecule has 0 fully saturated rings. The largest absolute Gasteiger partial charge is 0.468 e. The molecule has 0 heterocycles. The van der Waals surface area contributed by atoms with Crippen LogP contribution in [0.3, 0.4) is 0 Å². The third kappa shape index (κ3) is 3.94. The summed E-state index contributed by atoms with van der Waals surface area (Å²) in [5.74, 6) is -1.51. The Morgan fingerprint density at radius 2 is 2.00 bits per heavy atom. The Morgan fingerprint density at radius 1 is 1.38 bits per heavy atom. The fraction of sp³-hybridized carbons (Fsp3) is 0.300.